The lowest BCUT2D eigenvalue weighted by molar-refractivity contribution is -0.143. The molecule has 212 valence electrons. The van der Waals surface area contributed by atoms with Gasteiger partial charge in [-0.3, -0.25) is 4.79 Å². The summed E-state index contributed by atoms with van der Waals surface area (Å²) in [5, 5.41) is 0. The molecule has 5 rings (SSSR count). The Morgan fingerprint density at radius 3 is 1.88 bits per heavy atom. The van der Waals surface area contributed by atoms with Gasteiger partial charge in [-0.2, -0.15) is 26.3 Å². The standard InChI is InChI=1S/C30H28F6N2O2/c31-29(32,33)23-16-22(17-24(18-23)30(34,35)36)28(39)38-11-10-26(27(19-38)20-4-2-1-3-5-20)21-6-8-25(9-7-21)37-12-14-40-15-13-37/h1-9,16-18,26-27H,10-15,19H2/t26-,27+/m1/s1. The van der Waals surface area contributed by atoms with E-state index in [1.165, 1.54) is 4.90 Å². The number of ether oxygens (including phenoxy) is 1. The smallest absolute Gasteiger partial charge is 0.378 e. The minimum Gasteiger partial charge on any atom is -0.378 e. The molecule has 0 spiro atoms. The Labute approximate surface area is 228 Å². The second-order valence-corrected chi connectivity index (χ2v) is 10.1. The minimum atomic E-state index is -5.02. The van der Waals surface area contributed by atoms with E-state index in [-0.39, 0.29) is 31.0 Å². The van der Waals surface area contributed by atoms with Crippen molar-refractivity contribution in [1.29, 1.82) is 0 Å². The number of halogens is 6. The van der Waals surface area contributed by atoms with Crippen LogP contribution in [0.15, 0.2) is 72.8 Å². The van der Waals surface area contributed by atoms with E-state index in [0.717, 1.165) is 29.9 Å². The van der Waals surface area contributed by atoms with Gasteiger partial charge in [-0.15, -0.1) is 0 Å². The molecule has 0 unspecified atom stereocenters. The number of likely N-dealkylation sites (tertiary alicyclic amines) is 1. The Kier molecular flexibility index (Phi) is 7.81. The van der Waals surface area contributed by atoms with E-state index in [1.54, 1.807) is 0 Å². The highest BCUT2D eigenvalue weighted by atomic mass is 19.4. The summed E-state index contributed by atoms with van der Waals surface area (Å²) in [4.78, 5) is 17.0. The second-order valence-electron chi connectivity index (χ2n) is 10.1. The molecule has 0 radical (unpaired) electrons. The molecule has 2 aliphatic heterocycles. The summed E-state index contributed by atoms with van der Waals surface area (Å²) in [7, 11) is 0. The maximum Gasteiger partial charge on any atom is 0.416 e. The van der Waals surface area contributed by atoms with Crippen molar-refractivity contribution in [3.05, 3.63) is 101 Å². The predicted molar refractivity (Wildman–Crippen MR) is 138 cm³/mol. The molecule has 2 aliphatic rings. The highest BCUT2D eigenvalue weighted by Gasteiger charge is 2.39. The van der Waals surface area contributed by atoms with Crippen LogP contribution in [0.25, 0.3) is 0 Å². The summed E-state index contributed by atoms with van der Waals surface area (Å²) in [5.74, 6) is -1.03. The SMILES string of the molecule is O=C(c1cc(C(F)(F)F)cc(C(F)(F)F)c1)N1CC[C@H](c2ccc(N3CCOCC3)cc2)[C@H](c2ccccc2)C1. The summed E-state index contributed by atoms with van der Waals surface area (Å²) >= 11 is 0. The molecule has 10 heteroatoms. The lowest BCUT2D eigenvalue weighted by Gasteiger charge is -2.39. The molecule has 0 aliphatic carbocycles. The van der Waals surface area contributed by atoms with Gasteiger partial charge in [-0.05, 0) is 53.8 Å². The molecule has 3 aromatic rings. The van der Waals surface area contributed by atoms with Crippen molar-refractivity contribution in [3.8, 4) is 0 Å². The lowest BCUT2D eigenvalue weighted by atomic mass is 9.76. The molecule has 0 aromatic heterocycles. The number of benzene rings is 3. The molecule has 2 atom stereocenters. The fraction of sp³-hybridized carbons (Fsp3) is 0.367. The molecule has 2 saturated heterocycles. The first-order valence-electron chi connectivity index (χ1n) is 13.1. The molecule has 4 nitrogen and oxygen atoms in total. The number of hydrogen-bond donors (Lipinski definition) is 0. The van der Waals surface area contributed by atoms with Crippen LogP contribution in [-0.4, -0.2) is 50.2 Å². The van der Waals surface area contributed by atoms with Gasteiger partial charge in [0.2, 0.25) is 0 Å². The van der Waals surface area contributed by atoms with Crippen LogP contribution in [0.1, 0.15) is 50.9 Å². The average Bonchev–Trinajstić information content (AvgIpc) is 2.96. The van der Waals surface area contributed by atoms with Gasteiger partial charge in [0.15, 0.2) is 0 Å². The molecule has 0 saturated carbocycles. The Morgan fingerprint density at radius 2 is 1.30 bits per heavy atom. The minimum absolute atomic E-state index is 0.0115. The second kappa shape index (κ2) is 11.2. The maximum atomic E-state index is 13.4. The number of piperidine rings is 1. The first-order valence-corrected chi connectivity index (χ1v) is 13.1. The topological polar surface area (TPSA) is 32.8 Å². The van der Waals surface area contributed by atoms with Gasteiger partial charge in [-0.1, -0.05) is 42.5 Å². The van der Waals surface area contributed by atoms with Crippen molar-refractivity contribution < 1.29 is 35.9 Å². The number of carbonyl (C=O) groups excluding carboxylic acids is 1. The highest BCUT2D eigenvalue weighted by molar-refractivity contribution is 5.95. The Morgan fingerprint density at radius 1 is 0.725 bits per heavy atom. The summed E-state index contributed by atoms with van der Waals surface area (Å²) < 4.78 is 85.9. The van der Waals surface area contributed by atoms with Crippen molar-refractivity contribution in [3.63, 3.8) is 0 Å². The van der Waals surface area contributed by atoms with Gasteiger partial charge < -0.3 is 14.5 Å². The molecule has 2 heterocycles. The third-order valence-electron chi connectivity index (χ3n) is 7.66. The number of hydrogen-bond acceptors (Lipinski definition) is 3. The van der Waals surface area contributed by atoms with Crippen molar-refractivity contribution >= 4 is 11.6 Å². The van der Waals surface area contributed by atoms with Gasteiger partial charge in [0.25, 0.3) is 5.91 Å². The van der Waals surface area contributed by atoms with E-state index in [0.29, 0.717) is 31.8 Å². The van der Waals surface area contributed by atoms with Gasteiger partial charge in [0.05, 0.1) is 24.3 Å². The van der Waals surface area contributed by atoms with Crippen molar-refractivity contribution in [2.45, 2.75) is 30.6 Å². The molecule has 2 fully saturated rings. The van der Waals surface area contributed by atoms with Crippen LogP contribution in [0.5, 0.6) is 0 Å². The number of nitrogens with zero attached hydrogens (tertiary/aromatic N) is 2. The molecular weight excluding hydrogens is 534 g/mol. The number of carbonyl (C=O) groups is 1. The first kappa shape index (κ1) is 28.0. The molecule has 3 aromatic carbocycles. The zero-order valence-corrected chi connectivity index (χ0v) is 21.5. The van der Waals surface area contributed by atoms with Crippen LogP contribution in [0.4, 0.5) is 32.0 Å². The van der Waals surface area contributed by atoms with Crippen molar-refractivity contribution in [2.75, 3.05) is 44.3 Å². The van der Waals surface area contributed by atoms with Crippen LogP contribution >= 0.6 is 0 Å². The van der Waals surface area contributed by atoms with E-state index in [4.69, 9.17) is 4.74 Å². The van der Waals surface area contributed by atoms with Crippen LogP contribution in [0.2, 0.25) is 0 Å². The third-order valence-corrected chi connectivity index (χ3v) is 7.66. The number of anilines is 1. The van der Waals surface area contributed by atoms with E-state index in [1.807, 2.05) is 30.3 Å². The quantitative estimate of drug-likeness (QED) is 0.322. The summed E-state index contributed by atoms with van der Waals surface area (Å²) in [6.07, 6.45) is -9.54. The summed E-state index contributed by atoms with van der Waals surface area (Å²) in [5.41, 5.74) is -0.525. The summed E-state index contributed by atoms with van der Waals surface area (Å²) in [6, 6.07) is 18.8. The number of alkyl halides is 6. The van der Waals surface area contributed by atoms with Gasteiger partial charge >= 0.3 is 12.4 Å². The lowest BCUT2D eigenvalue weighted by Crippen LogP contribution is -2.42. The Balaban J connectivity index is 1.43. The van der Waals surface area contributed by atoms with Crippen LogP contribution in [0.3, 0.4) is 0 Å². The number of amides is 1. The fourth-order valence-corrected chi connectivity index (χ4v) is 5.59. The van der Waals surface area contributed by atoms with Crippen LogP contribution in [-0.2, 0) is 17.1 Å². The van der Waals surface area contributed by atoms with Gasteiger partial charge in [-0.25, -0.2) is 0 Å². The third kappa shape index (κ3) is 6.11. The first-order chi connectivity index (χ1) is 19.0. The van der Waals surface area contributed by atoms with E-state index in [2.05, 4.69) is 29.2 Å². The van der Waals surface area contributed by atoms with Crippen molar-refractivity contribution in [2.24, 2.45) is 0 Å². The Hall–Kier alpha value is -3.53. The zero-order chi connectivity index (χ0) is 28.5. The largest absolute Gasteiger partial charge is 0.416 e. The predicted octanol–water partition coefficient (Wildman–Crippen LogP) is 6.97. The fourth-order valence-electron chi connectivity index (χ4n) is 5.59. The maximum absolute atomic E-state index is 13.4. The molecule has 0 N–H and O–H groups in total. The van der Waals surface area contributed by atoms with E-state index < -0.39 is 35.0 Å². The normalized spacial score (nSPS) is 20.4. The average molecular weight is 563 g/mol. The van der Waals surface area contributed by atoms with Crippen LogP contribution < -0.4 is 4.90 Å². The van der Waals surface area contributed by atoms with Crippen molar-refractivity contribution in [1.82, 2.24) is 4.90 Å². The molecule has 0 bridgehead atoms. The number of morpholine rings is 1. The highest BCUT2D eigenvalue weighted by Crippen LogP contribution is 2.41. The van der Waals surface area contributed by atoms with Crippen LogP contribution in [0, 0.1) is 0 Å². The van der Waals surface area contributed by atoms with E-state index >= 15 is 0 Å². The van der Waals surface area contributed by atoms with E-state index in [9.17, 15) is 31.1 Å². The Bertz CT molecular complexity index is 1290. The van der Waals surface area contributed by atoms with Gasteiger partial charge in [0.1, 0.15) is 0 Å². The monoisotopic (exact) mass is 562 g/mol. The molecule has 40 heavy (non-hydrogen) atoms. The summed E-state index contributed by atoms with van der Waals surface area (Å²) in [6.45, 7) is 3.31. The molecular formula is C30H28F6N2O2. The number of rotatable bonds is 4. The molecule has 1 amide bonds. The van der Waals surface area contributed by atoms with Gasteiger partial charge in [0, 0.05) is 43.3 Å². The zero-order valence-electron chi connectivity index (χ0n) is 21.5.